The van der Waals surface area contributed by atoms with Gasteiger partial charge >= 0.3 is 0 Å². The smallest absolute Gasteiger partial charge is 0.275 e. The second-order valence-electron chi connectivity index (χ2n) is 5.91. The van der Waals surface area contributed by atoms with Crippen molar-refractivity contribution >= 4 is 29.5 Å². The zero-order valence-corrected chi connectivity index (χ0v) is 16.2. The molecule has 30 heavy (non-hydrogen) atoms. The summed E-state index contributed by atoms with van der Waals surface area (Å²) in [4.78, 5) is 38.0. The molecule has 1 amide bonds. The molecule has 0 aliphatic rings. The second kappa shape index (κ2) is 8.53. The highest BCUT2D eigenvalue weighted by Crippen LogP contribution is 2.24. The van der Waals surface area contributed by atoms with E-state index in [1.165, 1.54) is 22.7 Å². The molecule has 0 fully saturated rings. The van der Waals surface area contributed by atoms with E-state index in [1.54, 1.807) is 55.0 Å². The van der Waals surface area contributed by atoms with E-state index in [9.17, 15) is 14.7 Å². The molecule has 2 N–H and O–H groups in total. The Kier molecular flexibility index (Phi) is 5.48. The highest BCUT2D eigenvalue weighted by atomic mass is 32.2. The molecule has 0 radical (unpaired) electrons. The molecule has 0 spiro atoms. The highest BCUT2D eigenvalue weighted by molar-refractivity contribution is 7.99. The number of aromatic nitrogens is 4. The summed E-state index contributed by atoms with van der Waals surface area (Å²) in [6.07, 6.45) is 5.99. The summed E-state index contributed by atoms with van der Waals surface area (Å²) in [5.41, 5.74) is 2.63. The summed E-state index contributed by atoms with van der Waals surface area (Å²) in [5.74, 6) is -0.783. The molecular formula is C20H14N6O3S. The molecule has 0 aliphatic heterocycles. The number of benzene rings is 1. The lowest BCUT2D eigenvalue weighted by atomic mass is 10.2. The van der Waals surface area contributed by atoms with E-state index < -0.39 is 5.91 Å². The normalized spacial score (nSPS) is 11.1. The Balaban J connectivity index is 1.69. The van der Waals surface area contributed by atoms with Crippen molar-refractivity contribution in [2.45, 2.75) is 10.2 Å². The van der Waals surface area contributed by atoms with Crippen molar-refractivity contribution in [3.05, 3.63) is 88.6 Å². The van der Waals surface area contributed by atoms with Gasteiger partial charge in [0.2, 0.25) is 0 Å². The third-order valence-electron chi connectivity index (χ3n) is 3.97. The van der Waals surface area contributed by atoms with E-state index in [2.05, 4.69) is 25.5 Å². The molecule has 3 heterocycles. The first-order chi connectivity index (χ1) is 14.6. The lowest BCUT2D eigenvalue weighted by molar-refractivity contribution is 0.0952. The van der Waals surface area contributed by atoms with Gasteiger partial charge in [-0.05, 0) is 42.1 Å². The lowest BCUT2D eigenvalue weighted by Crippen LogP contribution is -2.23. The maximum absolute atomic E-state index is 13.0. The van der Waals surface area contributed by atoms with Crippen molar-refractivity contribution in [3.8, 4) is 5.75 Å². The van der Waals surface area contributed by atoms with E-state index in [4.69, 9.17) is 0 Å². The number of hydrogen-bond acceptors (Lipinski definition) is 8. The number of aromatic hydroxyl groups is 1. The summed E-state index contributed by atoms with van der Waals surface area (Å²) in [6.45, 7) is 0. The number of carbonyl (C=O) groups is 1. The number of para-hydroxylation sites is 1. The van der Waals surface area contributed by atoms with Crippen molar-refractivity contribution in [1.82, 2.24) is 24.8 Å². The summed E-state index contributed by atoms with van der Waals surface area (Å²) >= 11 is 1.11. The monoisotopic (exact) mass is 418 g/mol. The molecule has 0 saturated carbocycles. The molecule has 9 nitrogen and oxygen atoms in total. The average molecular weight is 418 g/mol. The molecule has 4 aromatic rings. The topological polar surface area (TPSA) is 122 Å². The average Bonchev–Trinajstić information content (AvgIpc) is 2.77. The minimum Gasteiger partial charge on any atom is -0.507 e. The summed E-state index contributed by atoms with van der Waals surface area (Å²) in [5, 5.41) is 14.4. The van der Waals surface area contributed by atoms with Crippen molar-refractivity contribution in [1.29, 1.82) is 0 Å². The maximum Gasteiger partial charge on any atom is 0.275 e. The highest BCUT2D eigenvalue weighted by Gasteiger charge is 2.14. The fourth-order valence-electron chi connectivity index (χ4n) is 2.58. The summed E-state index contributed by atoms with van der Waals surface area (Å²) in [6, 6.07) is 13.0. The first kappa shape index (κ1) is 19.3. The van der Waals surface area contributed by atoms with E-state index in [0.29, 0.717) is 15.8 Å². The van der Waals surface area contributed by atoms with Crippen molar-refractivity contribution in [3.63, 3.8) is 0 Å². The van der Waals surface area contributed by atoms with Gasteiger partial charge in [-0.3, -0.25) is 14.0 Å². The van der Waals surface area contributed by atoms with E-state index >= 15 is 0 Å². The van der Waals surface area contributed by atoms with Gasteiger partial charge in [0, 0.05) is 18.6 Å². The molecule has 0 unspecified atom stereocenters. The Morgan fingerprint density at radius 1 is 1.10 bits per heavy atom. The second-order valence-corrected chi connectivity index (χ2v) is 6.87. The van der Waals surface area contributed by atoms with Gasteiger partial charge in [0.1, 0.15) is 16.4 Å². The first-order valence-corrected chi connectivity index (χ1v) is 9.53. The molecule has 3 aromatic heterocycles. The van der Waals surface area contributed by atoms with Crippen molar-refractivity contribution in [2.24, 2.45) is 5.10 Å². The number of fused-ring (bicyclic) bond motifs is 1. The predicted octanol–water partition coefficient (Wildman–Crippen LogP) is 2.11. The summed E-state index contributed by atoms with van der Waals surface area (Å²) in [7, 11) is 0. The van der Waals surface area contributed by atoms with Crippen LogP contribution in [0.15, 0.2) is 87.2 Å². The molecule has 0 aliphatic carbocycles. The van der Waals surface area contributed by atoms with E-state index in [-0.39, 0.29) is 22.4 Å². The van der Waals surface area contributed by atoms with E-state index in [1.807, 2.05) is 0 Å². The minimum atomic E-state index is -0.612. The third-order valence-corrected chi connectivity index (χ3v) is 4.87. The van der Waals surface area contributed by atoms with Crippen LogP contribution < -0.4 is 11.0 Å². The van der Waals surface area contributed by atoms with Crippen LogP contribution in [-0.4, -0.2) is 36.6 Å². The van der Waals surface area contributed by atoms with Crippen LogP contribution in [0, 0.1) is 0 Å². The Morgan fingerprint density at radius 3 is 2.67 bits per heavy atom. The number of carbonyl (C=O) groups excluding carboxylic acids is 1. The third kappa shape index (κ3) is 4.03. The molecular weight excluding hydrogens is 404 g/mol. The van der Waals surface area contributed by atoms with Crippen molar-refractivity contribution < 1.29 is 9.90 Å². The lowest BCUT2D eigenvalue weighted by Gasteiger charge is -2.07. The first-order valence-electron chi connectivity index (χ1n) is 8.71. The van der Waals surface area contributed by atoms with Crippen molar-refractivity contribution in [2.75, 3.05) is 0 Å². The Morgan fingerprint density at radius 2 is 1.87 bits per heavy atom. The Bertz CT molecular complexity index is 1310. The van der Waals surface area contributed by atoms with Gasteiger partial charge < -0.3 is 5.11 Å². The number of rotatable bonds is 5. The number of hydrogen-bond donors (Lipinski definition) is 2. The van der Waals surface area contributed by atoms with Gasteiger partial charge in [-0.25, -0.2) is 20.4 Å². The molecule has 0 atom stereocenters. The van der Waals surface area contributed by atoms with Crippen LogP contribution in [0.25, 0.3) is 5.65 Å². The number of nitrogens with zero attached hydrogens (tertiary/aromatic N) is 5. The molecule has 148 valence electrons. The van der Waals surface area contributed by atoms with Gasteiger partial charge in [0.15, 0.2) is 5.16 Å². The fraction of sp³-hybridized carbons (Fsp3) is 0. The van der Waals surface area contributed by atoms with Gasteiger partial charge in [-0.1, -0.05) is 18.2 Å². The molecule has 4 rings (SSSR count). The van der Waals surface area contributed by atoms with Gasteiger partial charge in [0.25, 0.3) is 11.5 Å². The standard InChI is InChI=1S/C20H14N6O3S/c27-15-7-2-1-6-13(15)17(28)25-23-12-14-18(30-20-21-9-5-10-22-20)24-16-8-3-4-11-26(16)19(14)29/h1-12,27H,(H,25,28). The van der Waals surface area contributed by atoms with Crippen LogP contribution in [0.2, 0.25) is 0 Å². The van der Waals surface area contributed by atoms with Crippen LogP contribution in [0.3, 0.4) is 0 Å². The van der Waals surface area contributed by atoms with Crippen LogP contribution in [0.4, 0.5) is 0 Å². The van der Waals surface area contributed by atoms with Gasteiger partial charge in [0.05, 0.1) is 17.3 Å². The SMILES string of the molecule is O=C(NN=Cc1c(Sc2ncccn2)nc2ccccn2c1=O)c1ccccc1O. The minimum absolute atomic E-state index is 0.0651. The number of nitrogens with one attached hydrogen (secondary N) is 1. The molecule has 1 aromatic carbocycles. The Hall–Kier alpha value is -4.05. The zero-order valence-electron chi connectivity index (χ0n) is 15.3. The molecule has 0 bridgehead atoms. The number of phenols is 1. The fourth-order valence-corrected chi connectivity index (χ4v) is 3.37. The van der Waals surface area contributed by atoms with Gasteiger partial charge in [-0.15, -0.1) is 0 Å². The van der Waals surface area contributed by atoms with E-state index in [0.717, 1.165) is 11.8 Å². The number of phenolic OH excluding ortho intramolecular Hbond substituents is 1. The number of hydrazone groups is 1. The largest absolute Gasteiger partial charge is 0.507 e. The number of amides is 1. The van der Waals surface area contributed by atoms with Crippen LogP contribution >= 0.6 is 11.8 Å². The molecule has 10 heteroatoms. The van der Waals surface area contributed by atoms with Gasteiger partial charge in [-0.2, -0.15) is 5.10 Å². The van der Waals surface area contributed by atoms with Crippen LogP contribution in [-0.2, 0) is 0 Å². The maximum atomic E-state index is 13.0. The summed E-state index contributed by atoms with van der Waals surface area (Å²) < 4.78 is 1.38. The predicted molar refractivity (Wildman–Crippen MR) is 111 cm³/mol. The molecule has 0 saturated heterocycles. The van der Waals surface area contributed by atoms with Crippen LogP contribution in [0.5, 0.6) is 5.75 Å². The quantitative estimate of drug-likeness (QED) is 0.220. The zero-order chi connectivity index (χ0) is 20.9. The number of pyridine rings is 1. The van der Waals surface area contributed by atoms with Crippen LogP contribution in [0.1, 0.15) is 15.9 Å². The Labute approximate surface area is 174 Å².